The van der Waals surface area contributed by atoms with E-state index in [0.29, 0.717) is 18.0 Å². The second kappa shape index (κ2) is 7.48. The lowest BCUT2D eigenvalue weighted by atomic mass is 10.1. The van der Waals surface area contributed by atoms with Crippen molar-refractivity contribution in [1.82, 2.24) is 14.5 Å². The Morgan fingerprint density at radius 1 is 1.22 bits per heavy atom. The predicted molar refractivity (Wildman–Crippen MR) is 107 cm³/mol. The predicted octanol–water partition coefficient (Wildman–Crippen LogP) is 3.49. The number of rotatable bonds is 5. The molecule has 0 aliphatic heterocycles. The van der Waals surface area contributed by atoms with E-state index in [2.05, 4.69) is 10.3 Å². The maximum Gasteiger partial charge on any atom is 0.252 e. The van der Waals surface area contributed by atoms with Crippen molar-refractivity contribution in [2.24, 2.45) is 0 Å². The molecule has 2 aromatic heterocycles. The second-order valence-electron chi connectivity index (χ2n) is 7.20. The van der Waals surface area contributed by atoms with Crippen LogP contribution in [-0.4, -0.2) is 26.2 Å². The molecule has 2 N–H and O–H groups in total. The van der Waals surface area contributed by atoms with Crippen molar-refractivity contribution in [3.05, 3.63) is 58.0 Å². The summed E-state index contributed by atoms with van der Waals surface area (Å²) in [4.78, 5) is 21.8. The third kappa shape index (κ3) is 3.57. The van der Waals surface area contributed by atoms with Crippen LogP contribution in [-0.2, 0) is 6.42 Å². The van der Waals surface area contributed by atoms with Gasteiger partial charge in [-0.05, 0) is 49.4 Å². The molecule has 27 heavy (non-hydrogen) atoms. The SMILES string of the molecule is Cc1cc(=O)n(C2CCCC2)c2nc(Nc3ccc(CCO)cc3)ncc12. The summed E-state index contributed by atoms with van der Waals surface area (Å²) in [5.74, 6) is 0.481. The van der Waals surface area contributed by atoms with Gasteiger partial charge in [0.25, 0.3) is 5.56 Å². The lowest BCUT2D eigenvalue weighted by Gasteiger charge is -2.17. The highest BCUT2D eigenvalue weighted by Gasteiger charge is 2.21. The molecule has 1 aliphatic rings. The Labute approximate surface area is 157 Å². The minimum atomic E-state index is 0.0184. The van der Waals surface area contributed by atoms with E-state index in [1.807, 2.05) is 35.8 Å². The van der Waals surface area contributed by atoms with Gasteiger partial charge in [0.2, 0.25) is 5.95 Å². The van der Waals surface area contributed by atoms with Crippen LogP contribution in [0, 0.1) is 6.92 Å². The molecule has 0 saturated heterocycles. The number of pyridine rings is 1. The number of aliphatic hydroxyl groups excluding tert-OH is 1. The molecular weight excluding hydrogens is 340 g/mol. The van der Waals surface area contributed by atoms with Gasteiger partial charge in [0.1, 0.15) is 5.65 Å². The van der Waals surface area contributed by atoms with Gasteiger partial charge in [0.15, 0.2) is 0 Å². The number of hydrogen-bond acceptors (Lipinski definition) is 5. The smallest absolute Gasteiger partial charge is 0.252 e. The highest BCUT2D eigenvalue weighted by molar-refractivity contribution is 5.79. The third-order valence-corrected chi connectivity index (χ3v) is 5.30. The normalized spacial score (nSPS) is 14.7. The molecule has 140 valence electrons. The molecule has 0 spiro atoms. The van der Waals surface area contributed by atoms with Crippen LogP contribution < -0.4 is 10.9 Å². The Morgan fingerprint density at radius 3 is 2.67 bits per heavy atom. The summed E-state index contributed by atoms with van der Waals surface area (Å²) in [5, 5.41) is 13.2. The van der Waals surface area contributed by atoms with E-state index in [4.69, 9.17) is 10.1 Å². The summed E-state index contributed by atoms with van der Waals surface area (Å²) in [6, 6.07) is 9.74. The Morgan fingerprint density at radius 2 is 1.96 bits per heavy atom. The molecule has 1 aliphatic carbocycles. The third-order valence-electron chi connectivity index (χ3n) is 5.30. The molecule has 0 unspecified atom stereocenters. The highest BCUT2D eigenvalue weighted by Crippen LogP contribution is 2.31. The molecule has 6 heteroatoms. The van der Waals surface area contributed by atoms with Gasteiger partial charge in [-0.1, -0.05) is 25.0 Å². The summed E-state index contributed by atoms with van der Waals surface area (Å²) in [5.41, 5.74) is 3.59. The Bertz CT molecular complexity index is 1010. The van der Waals surface area contributed by atoms with Gasteiger partial charge < -0.3 is 10.4 Å². The molecular formula is C21H24N4O2. The largest absolute Gasteiger partial charge is 0.396 e. The molecule has 0 amide bonds. The number of aromatic nitrogens is 3. The van der Waals surface area contributed by atoms with Crippen LogP contribution in [0.3, 0.4) is 0 Å². The van der Waals surface area contributed by atoms with Crippen molar-refractivity contribution in [3.63, 3.8) is 0 Å². The number of nitrogens with zero attached hydrogens (tertiary/aromatic N) is 3. The van der Waals surface area contributed by atoms with Crippen LogP contribution in [0.5, 0.6) is 0 Å². The first-order chi connectivity index (χ1) is 13.2. The van der Waals surface area contributed by atoms with E-state index < -0.39 is 0 Å². The van der Waals surface area contributed by atoms with Gasteiger partial charge in [-0.25, -0.2) is 4.98 Å². The summed E-state index contributed by atoms with van der Waals surface area (Å²) in [6.07, 6.45) is 6.80. The van der Waals surface area contributed by atoms with Gasteiger partial charge >= 0.3 is 0 Å². The van der Waals surface area contributed by atoms with Gasteiger partial charge in [0, 0.05) is 36.0 Å². The summed E-state index contributed by atoms with van der Waals surface area (Å²) < 4.78 is 1.85. The fraction of sp³-hybridized carbons (Fsp3) is 0.381. The number of anilines is 2. The quantitative estimate of drug-likeness (QED) is 0.724. The summed E-state index contributed by atoms with van der Waals surface area (Å²) in [6.45, 7) is 2.07. The minimum absolute atomic E-state index is 0.0184. The molecule has 1 saturated carbocycles. The van der Waals surface area contributed by atoms with Crippen molar-refractivity contribution < 1.29 is 5.11 Å². The molecule has 2 heterocycles. The zero-order valence-electron chi connectivity index (χ0n) is 15.5. The van der Waals surface area contributed by atoms with Gasteiger partial charge in [0.05, 0.1) is 0 Å². The van der Waals surface area contributed by atoms with E-state index in [1.54, 1.807) is 12.3 Å². The van der Waals surface area contributed by atoms with Crippen LogP contribution in [0.15, 0.2) is 41.3 Å². The van der Waals surface area contributed by atoms with E-state index >= 15 is 0 Å². The Kier molecular flexibility index (Phi) is 4.90. The van der Waals surface area contributed by atoms with E-state index in [-0.39, 0.29) is 18.2 Å². The maximum atomic E-state index is 12.7. The van der Waals surface area contributed by atoms with Crippen molar-refractivity contribution in [2.75, 3.05) is 11.9 Å². The average molecular weight is 364 g/mol. The Balaban J connectivity index is 1.72. The number of hydrogen-bond donors (Lipinski definition) is 2. The zero-order valence-corrected chi connectivity index (χ0v) is 15.5. The topological polar surface area (TPSA) is 80.0 Å². The maximum absolute atomic E-state index is 12.7. The van der Waals surface area contributed by atoms with E-state index in [0.717, 1.165) is 47.9 Å². The molecule has 4 rings (SSSR count). The minimum Gasteiger partial charge on any atom is -0.396 e. The molecule has 6 nitrogen and oxygen atoms in total. The first kappa shape index (κ1) is 17.7. The number of benzene rings is 1. The lowest BCUT2D eigenvalue weighted by Crippen LogP contribution is -2.24. The van der Waals surface area contributed by atoms with Crippen LogP contribution >= 0.6 is 0 Å². The first-order valence-electron chi connectivity index (χ1n) is 9.51. The van der Waals surface area contributed by atoms with Gasteiger partial charge in [-0.2, -0.15) is 4.98 Å². The summed E-state index contributed by atoms with van der Waals surface area (Å²) >= 11 is 0. The Hall–Kier alpha value is -2.73. The second-order valence-corrected chi connectivity index (χ2v) is 7.20. The molecule has 3 aromatic rings. The average Bonchev–Trinajstić information content (AvgIpc) is 3.18. The monoisotopic (exact) mass is 364 g/mol. The fourth-order valence-corrected chi connectivity index (χ4v) is 3.86. The molecule has 0 radical (unpaired) electrons. The number of fused-ring (bicyclic) bond motifs is 1. The zero-order chi connectivity index (χ0) is 18.8. The van der Waals surface area contributed by atoms with Crippen molar-refractivity contribution in [1.29, 1.82) is 0 Å². The van der Waals surface area contributed by atoms with Crippen LogP contribution in [0.1, 0.15) is 42.9 Å². The lowest BCUT2D eigenvalue weighted by molar-refractivity contribution is 0.299. The van der Waals surface area contributed by atoms with Crippen LogP contribution in [0.2, 0.25) is 0 Å². The highest BCUT2D eigenvalue weighted by atomic mass is 16.3. The standard InChI is InChI=1S/C21H24N4O2/c1-14-12-19(27)25(17-4-2-3-5-17)20-18(14)13-22-21(24-20)23-16-8-6-15(7-9-16)10-11-26/h6-9,12-13,17,26H,2-5,10-11H2,1H3,(H,22,23,24). The van der Waals surface area contributed by atoms with Crippen LogP contribution in [0.25, 0.3) is 11.0 Å². The van der Waals surface area contributed by atoms with E-state index in [9.17, 15) is 4.79 Å². The number of nitrogens with one attached hydrogen (secondary N) is 1. The molecule has 1 fully saturated rings. The number of aliphatic hydroxyl groups is 1. The molecule has 0 bridgehead atoms. The van der Waals surface area contributed by atoms with Crippen LogP contribution in [0.4, 0.5) is 11.6 Å². The summed E-state index contributed by atoms with van der Waals surface area (Å²) in [7, 11) is 0. The fourth-order valence-electron chi connectivity index (χ4n) is 3.86. The van der Waals surface area contributed by atoms with Crippen molar-refractivity contribution in [2.45, 2.75) is 45.1 Å². The van der Waals surface area contributed by atoms with E-state index in [1.165, 1.54) is 0 Å². The van der Waals surface area contributed by atoms with Gasteiger partial charge in [-0.15, -0.1) is 0 Å². The number of aryl methyl sites for hydroxylation is 1. The molecule has 1 aromatic carbocycles. The van der Waals surface area contributed by atoms with Crippen molar-refractivity contribution >= 4 is 22.7 Å². The molecule has 0 atom stereocenters. The van der Waals surface area contributed by atoms with Gasteiger partial charge in [-0.3, -0.25) is 9.36 Å². The van der Waals surface area contributed by atoms with Crippen molar-refractivity contribution in [3.8, 4) is 0 Å². The first-order valence-corrected chi connectivity index (χ1v) is 9.51.